The third-order valence-electron chi connectivity index (χ3n) is 3.30. The van der Waals surface area contributed by atoms with E-state index in [1.54, 1.807) is 4.90 Å². The van der Waals surface area contributed by atoms with Crippen LogP contribution in [0.25, 0.3) is 0 Å². The monoisotopic (exact) mass is 261 g/mol. The van der Waals surface area contributed by atoms with Gasteiger partial charge in [-0.1, -0.05) is 18.2 Å². The molecule has 2 amide bonds. The maximum atomic E-state index is 12.0. The molecule has 1 fully saturated rings. The van der Waals surface area contributed by atoms with Crippen LogP contribution in [0.5, 0.6) is 0 Å². The highest BCUT2D eigenvalue weighted by Crippen LogP contribution is 2.13. The predicted molar refractivity (Wildman–Crippen MR) is 73.5 cm³/mol. The fraction of sp³-hybridized carbons (Fsp3) is 0.429. The topological polar surface area (TPSA) is 75.4 Å². The number of nitrogens with one attached hydrogen (secondary N) is 1. The lowest BCUT2D eigenvalue weighted by molar-refractivity contribution is -0.132. The SMILES string of the molecule is NC(=O)C(CC(=O)N1CCCC1)Nc1ccccc1. The molecule has 5 nitrogen and oxygen atoms in total. The summed E-state index contributed by atoms with van der Waals surface area (Å²) < 4.78 is 0. The van der Waals surface area contributed by atoms with Crippen LogP contribution in [-0.4, -0.2) is 35.8 Å². The molecular weight excluding hydrogens is 242 g/mol. The molecule has 1 heterocycles. The van der Waals surface area contributed by atoms with Gasteiger partial charge in [0.15, 0.2) is 0 Å². The Kier molecular flexibility index (Phi) is 4.39. The van der Waals surface area contributed by atoms with Gasteiger partial charge in [-0.25, -0.2) is 0 Å². The van der Waals surface area contributed by atoms with Crippen molar-refractivity contribution in [2.24, 2.45) is 5.73 Å². The molecule has 0 aromatic heterocycles. The second-order valence-corrected chi connectivity index (χ2v) is 4.76. The quantitative estimate of drug-likeness (QED) is 0.829. The second kappa shape index (κ2) is 6.22. The Bertz CT molecular complexity index is 441. The first-order chi connectivity index (χ1) is 9.16. The van der Waals surface area contributed by atoms with E-state index < -0.39 is 11.9 Å². The number of primary amides is 1. The number of hydrogen-bond acceptors (Lipinski definition) is 3. The zero-order chi connectivity index (χ0) is 13.7. The molecular formula is C14H19N3O2. The van der Waals surface area contributed by atoms with Crippen molar-refractivity contribution >= 4 is 17.5 Å². The molecule has 1 aliphatic rings. The zero-order valence-electron chi connectivity index (χ0n) is 10.8. The van der Waals surface area contributed by atoms with Crippen molar-refractivity contribution in [3.63, 3.8) is 0 Å². The minimum Gasteiger partial charge on any atom is -0.373 e. The molecule has 19 heavy (non-hydrogen) atoms. The van der Waals surface area contributed by atoms with Gasteiger partial charge in [-0.05, 0) is 25.0 Å². The molecule has 1 aliphatic heterocycles. The van der Waals surface area contributed by atoms with E-state index in [-0.39, 0.29) is 12.3 Å². The number of amides is 2. The van der Waals surface area contributed by atoms with E-state index in [4.69, 9.17) is 5.73 Å². The fourth-order valence-corrected chi connectivity index (χ4v) is 2.23. The average Bonchev–Trinajstić information content (AvgIpc) is 2.93. The summed E-state index contributed by atoms with van der Waals surface area (Å²) in [6, 6.07) is 8.65. The molecule has 2 rings (SSSR count). The van der Waals surface area contributed by atoms with Gasteiger partial charge < -0.3 is 16.0 Å². The molecule has 3 N–H and O–H groups in total. The summed E-state index contributed by atoms with van der Waals surface area (Å²) in [5, 5.41) is 3.01. The van der Waals surface area contributed by atoms with Crippen LogP contribution in [0, 0.1) is 0 Å². The maximum absolute atomic E-state index is 12.0. The van der Waals surface area contributed by atoms with Crippen molar-refractivity contribution in [3.05, 3.63) is 30.3 Å². The first-order valence-electron chi connectivity index (χ1n) is 6.55. The molecule has 0 spiro atoms. The first kappa shape index (κ1) is 13.4. The number of benzene rings is 1. The standard InChI is InChI=1S/C14H19N3O2/c15-14(19)12(16-11-6-2-1-3-7-11)10-13(18)17-8-4-5-9-17/h1-3,6-7,12,16H,4-5,8-10H2,(H2,15,19). The van der Waals surface area contributed by atoms with Crippen LogP contribution in [0.1, 0.15) is 19.3 Å². The summed E-state index contributed by atoms with van der Waals surface area (Å²) in [6.07, 6.45) is 2.20. The molecule has 102 valence electrons. The van der Waals surface area contributed by atoms with Gasteiger partial charge in [0.1, 0.15) is 6.04 Å². The fourth-order valence-electron chi connectivity index (χ4n) is 2.23. The van der Waals surface area contributed by atoms with Crippen molar-refractivity contribution in [3.8, 4) is 0 Å². The Morgan fingerprint density at radius 3 is 2.42 bits per heavy atom. The van der Waals surface area contributed by atoms with Crippen LogP contribution < -0.4 is 11.1 Å². The third-order valence-corrected chi connectivity index (χ3v) is 3.30. The Hall–Kier alpha value is -2.04. The van der Waals surface area contributed by atoms with E-state index in [9.17, 15) is 9.59 Å². The van der Waals surface area contributed by atoms with E-state index in [0.29, 0.717) is 0 Å². The van der Waals surface area contributed by atoms with Crippen LogP contribution in [0.4, 0.5) is 5.69 Å². The zero-order valence-corrected chi connectivity index (χ0v) is 10.8. The van der Waals surface area contributed by atoms with Gasteiger partial charge >= 0.3 is 0 Å². The minimum absolute atomic E-state index is 0.00951. The number of rotatable bonds is 5. The van der Waals surface area contributed by atoms with E-state index in [1.807, 2.05) is 30.3 Å². The molecule has 0 aliphatic carbocycles. The van der Waals surface area contributed by atoms with E-state index in [1.165, 1.54) is 0 Å². The van der Waals surface area contributed by atoms with Crippen LogP contribution in [0.3, 0.4) is 0 Å². The van der Waals surface area contributed by atoms with Crippen molar-refractivity contribution < 1.29 is 9.59 Å². The molecule has 1 atom stereocenters. The lowest BCUT2D eigenvalue weighted by atomic mass is 10.1. The normalized spacial score (nSPS) is 16.1. The van der Waals surface area contributed by atoms with Gasteiger partial charge in [0.05, 0.1) is 6.42 Å². The molecule has 1 saturated heterocycles. The number of nitrogens with zero attached hydrogens (tertiary/aromatic N) is 1. The maximum Gasteiger partial charge on any atom is 0.240 e. The van der Waals surface area contributed by atoms with Gasteiger partial charge in [-0.3, -0.25) is 9.59 Å². The number of nitrogens with two attached hydrogens (primary N) is 1. The highest BCUT2D eigenvalue weighted by atomic mass is 16.2. The van der Waals surface area contributed by atoms with Gasteiger partial charge in [0, 0.05) is 18.8 Å². The number of para-hydroxylation sites is 1. The first-order valence-corrected chi connectivity index (χ1v) is 6.55. The number of carbonyl (C=O) groups is 2. The average molecular weight is 261 g/mol. The van der Waals surface area contributed by atoms with Gasteiger partial charge in [0.25, 0.3) is 0 Å². The molecule has 0 saturated carbocycles. The van der Waals surface area contributed by atoms with Crippen LogP contribution in [0.2, 0.25) is 0 Å². The highest BCUT2D eigenvalue weighted by Gasteiger charge is 2.24. The summed E-state index contributed by atoms with van der Waals surface area (Å²) in [7, 11) is 0. The lowest BCUT2D eigenvalue weighted by Gasteiger charge is -2.20. The molecule has 0 radical (unpaired) electrons. The summed E-state index contributed by atoms with van der Waals surface area (Å²) in [6.45, 7) is 1.57. The van der Waals surface area contributed by atoms with Gasteiger partial charge in [-0.15, -0.1) is 0 Å². The van der Waals surface area contributed by atoms with Gasteiger partial charge in [-0.2, -0.15) is 0 Å². The summed E-state index contributed by atoms with van der Waals surface area (Å²) in [5.74, 6) is -0.513. The van der Waals surface area contributed by atoms with Gasteiger partial charge in [0.2, 0.25) is 11.8 Å². The number of anilines is 1. The molecule has 1 unspecified atom stereocenters. The summed E-state index contributed by atoms with van der Waals surface area (Å²) >= 11 is 0. The largest absolute Gasteiger partial charge is 0.373 e. The number of likely N-dealkylation sites (tertiary alicyclic amines) is 1. The number of carbonyl (C=O) groups excluding carboxylic acids is 2. The van der Waals surface area contributed by atoms with Crippen LogP contribution in [0.15, 0.2) is 30.3 Å². The van der Waals surface area contributed by atoms with Crippen molar-refractivity contribution in [1.29, 1.82) is 0 Å². The Morgan fingerprint density at radius 2 is 1.84 bits per heavy atom. The van der Waals surface area contributed by atoms with Crippen molar-refractivity contribution in [1.82, 2.24) is 4.90 Å². The molecule has 0 bridgehead atoms. The summed E-state index contributed by atoms with van der Waals surface area (Å²) in [4.78, 5) is 25.3. The van der Waals surface area contributed by atoms with E-state index in [2.05, 4.69) is 5.32 Å². The lowest BCUT2D eigenvalue weighted by Crippen LogP contribution is -2.41. The highest BCUT2D eigenvalue weighted by molar-refractivity contribution is 5.89. The van der Waals surface area contributed by atoms with Crippen molar-refractivity contribution in [2.45, 2.75) is 25.3 Å². The van der Waals surface area contributed by atoms with Crippen LogP contribution in [-0.2, 0) is 9.59 Å². The van der Waals surface area contributed by atoms with Crippen molar-refractivity contribution in [2.75, 3.05) is 18.4 Å². The Morgan fingerprint density at radius 1 is 1.21 bits per heavy atom. The summed E-state index contributed by atoms with van der Waals surface area (Å²) in [5.41, 5.74) is 6.15. The minimum atomic E-state index is -0.657. The third kappa shape index (κ3) is 3.71. The molecule has 1 aromatic carbocycles. The molecule has 1 aromatic rings. The number of hydrogen-bond donors (Lipinski definition) is 2. The molecule has 5 heteroatoms. The predicted octanol–water partition coefficient (Wildman–Crippen LogP) is 0.965. The van der Waals surface area contributed by atoms with E-state index in [0.717, 1.165) is 31.6 Å². The Balaban J connectivity index is 1.96. The Labute approximate surface area is 112 Å². The smallest absolute Gasteiger partial charge is 0.240 e. The van der Waals surface area contributed by atoms with Crippen LogP contribution >= 0.6 is 0 Å². The van der Waals surface area contributed by atoms with E-state index >= 15 is 0 Å². The second-order valence-electron chi connectivity index (χ2n) is 4.76.